The number of hydrogen-bond acceptors (Lipinski definition) is 5. The second-order valence-electron chi connectivity index (χ2n) is 6.80. The number of benzene rings is 1. The number of anilines is 2. The van der Waals surface area contributed by atoms with Crippen LogP contribution in [-0.4, -0.2) is 59.6 Å². The van der Waals surface area contributed by atoms with Crippen LogP contribution < -0.4 is 10.2 Å². The smallest absolute Gasteiger partial charge is 0.336 e. The quantitative estimate of drug-likeness (QED) is 0.813. The molecule has 0 radical (unpaired) electrons. The molecule has 0 spiro atoms. The van der Waals surface area contributed by atoms with Crippen LogP contribution >= 0.6 is 0 Å². The van der Waals surface area contributed by atoms with Crippen molar-refractivity contribution in [2.75, 3.05) is 42.9 Å². The molecule has 2 N–H and O–H groups in total. The standard InChI is InChI=1S/C20H26N4O3/c1-3-7-23-8-10-24(11-9-23)18-13-16(20(26)27)15-12-14(21-19(25)4-2)5-6-17(15)22-18/h5-6,12-13H,3-4,7-11H2,1-2H3,(H,21,25)(H,26,27). The molecule has 0 bridgehead atoms. The van der Waals surface area contributed by atoms with Crippen LogP contribution in [0.15, 0.2) is 24.3 Å². The monoisotopic (exact) mass is 370 g/mol. The summed E-state index contributed by atoms with van der Waals surface area (Å²) in [5.41, 5.74) is 1.41. The highest BCUT2D eigenvalue weighted by atomic mass is 16.4. The molecule has 0 aliphatic carbocycles. The average Bonchev–Trinajstić information content (AvgIpc) is 2.67. The van der Waals surface area contributed by atoms with Gasteiger partial charge in [0, 0.05) is 43.7 Å². The summed E-state index contributed by atoms with van der Waals surface area (Å²) in [5.74, 6) is -0.408. The summed E-state index contributed by atoms with van der Waals surface area (Å²) in [7, 11) is 0. The predicted octanol–water partition coefficient (Wildman–Crippen LogP) is 2.81. The Hall–Kier alpha value is -2.67. The molecule has 1 aromatic heterocycles. The summed E-state index contributed by atoms with van der Waals surface area (Å²) in [6, 6.07) is 6.86. The molecule has 1 saturated heterocycles. The van der Waals surface area contributed by atoms with E-state index in [0.717, 1.165) is 39.1 Å². The highest BCUT2D eigenvalue weighted by Crippen LogP contribution is 2.26. The molecule has 1 amide bonds. The van der Waals surface area contributed by atoms with Crippen molar-refractivity contribution in [1.82, 2.24) is 9.88 Å². The molecule has 1 aliphatic heterocycles. The van der Waals surface area contributed by atoms with Crippen molar-refractivity contribution in [3.8, 4) is 0 Å². The lowest BCUT2D eigenvalue weighted by molar-refractivity contribution is -0.115. The van der Waals surface area contributed by atoms with E-state index in [-0.39, 0.29) is 11.5 Å². The molecule has 1 fully saturated rings. The van der Waals surface area contributed by atoms with Crippen molar-refractivity contribution in [3.05, 3.63) is 29.8 Å². The van der Waals surface area contributed by atoms with Gasteiger partial charge in [-0.25, -0.2) is 9.78 Å². The van der Waals surface area contributed by atoms with Crippen molar-refractivity contribution in [1.29, 1.82) is 0 Å². The molecule has 2 heterocycles. The van der Waals surface area contributed by atoms with Crippen LogP contribution in [0.5, 0.6) is 0 Å². The summed E-state index contributed by atoms with van der Waals surface area (Å²) < 4.78 is 0. The third kappa shape index (κ3) is 4.36. The van der Waals surface area contributed by atoms with Crippen LogP contribution in [0.3, 0.4) is 0 Å². The van der Waals surface area contributed by atoms with E-state index in [1.807, 2.05) is 0 Å². The van der Waals surface area contributed by atoms with E-state index in [0.29, 0.717) is 28.8 Å². The number of pyridine rings is 1. The van der Waals surface area contributed by atoms with Crippen molar-refractivity contribution in [3.63, 3.8) is 0 Å². The molecule has 144 valence electrons. The van der Waals surface area contributed by atoms with E-state index >= 15 is 0 Å². The van der Waals surface area contributed by atoms with Crippen molar-refractivity contribution >= 4 is 34.3 Å². The largest absolute Gasteiger partial charge is 0.478 e. The van der Waals surface area contributed by atoms with Gasteiger partial charge in [0.2, 0.25) is 5.91 Å². The molecule has 2 aromatic rings. The first-order chi connectivity index (χ1) is 13.0. The number of carbonyl (C=O) groups is 2. The maximum Gasteiger partial charge on any atom is 0.336 e. The van der Waals surface area contributed by atoms with Crippen LogP contribution in [0.4, 0.5) is 11.5 Å². The van der Waals surface area contributed by atoms with Crippen LogP contribution in [0.2, 0.25) is 0 Å². The SMILES string of the molecule is CCCN1CCN(c2cc(C(=O)O)c3cc(NC(=O)CC)ccc3n2)CC1. The van der Waals surface area contributed by atoms with Crippen LogP contribution in [0.1, 0.15) is 37.0 Å². The molecule has 1 aliphatic rings. The molecular formula is C20H26N4O3. The molecular weight excluding hydrogens is 344 g/mol. The Bertz CT molecular complexity index is 844. The van der Waals surface area contributed by atoms with E-state index in [1.165, 1.54) is 0 Å². The van der Waals surface area contributed by atoms with Gasteiger partial charge in [0.05, 0.1) is 11.1 Å². The van der Waals surface area contributed by atoms with Crippen molar-refractivity contribution in [2.24, 2.45) is 0 Å². The second kappa shape index (κ2) is 8.35. The molecule has 0 saturated carbocycles. The number of nitrogens with one attached hydrogen (secondary N) is 1. The summed E-state index contributed by atoms with van der Waals surface area (Å²) in [5, 5.41) is 13.0. The molecule has 7 heteroatoms. The Morgan fingerprint density at radius 2 is 1.89 bits per heavy atom. The number of carbonyl (C=O) groups excluding carboxylic acids is 1. The van der Waals surface area contributed by atoms with Crippen LogP contribution in [-0.2, 0) is 4.79 Å². The normalized spacial score (nSPS) is 15.1. The van der Waals surface area contributed by atoms with Gasteiger partial charge in [0.1, 0.15) is 5.82 Å². The van der Waals surface area contributed by atoms with Gasteiger partial charge in [-0.3, -0.25) is 9.69 Å². The second-order valence-corrected chi connectivity index (χ2v) is 6.80. The zero-order valence-electron chi connectivity index (χ0n) is 15.9. The number of piperazine rings is 1. The molecule has 1 aromatic carbocycles. The number of fused-ring (bicyclic) bond motifs is 1. The summed E-state index contributed by atoms with van der Waals surface area (Å²) >= 11 is 0. The van der Waals surface area contributed by atoms with Gasteiger partial charge in [-0.15, -0.1) is 0 Å². The first-order valence-electron chi connectivity index (χ1n) is 9.47. The number of carboxylic acids is 1. The lowest BCUT2D eigenvalue weighted by Gasteiger charge is -2.35. The topological polar surface area (TPSA) is 85.8 Å². The average molecular weight is 370 g/mol. The van der Waals surface area contributed by atoms with Gasteiger partial charge >= 0.3 is 5.97 Å². The third-order valence-corrected chi connectivity index (χ3v) is 4.87. The number of nitrogens with zero attached hydrogens (tertiary/aromatic N) is 3. The number of rotatable bonds is 6. The van der Waals surface area contributed by atoms with Gasteiger partial charge in [0.25, 0.3) is 0 Å². The fraction of sp³-hybridized carbons (Fsp3) is 0.450. The molecule has 0 unspecified atom stereocenters. The Morgan fingerprint density at radius 1 is 1.15 bits per heavy atom. The van der Waals surface area contributed by atoms with Crippen LogP contribution in [0.25, 0.3) is 10.9 Å². The minimum atomic E-state index is -0.993. The predicted molar refractivity (Wildman–Crippen MR) is 107 cm³/mol. The minimum absolute atomic E-state index is 0.110. The van der Waals surface area contributed by atoms with Gasteiger partial charge in [-0.05, 0) is 37.2 Å². The van der Waals surface area contributed by atoms with E-state index in [2.05, 4.69) is 27.0 Å². The molecule has 7 nitrogen and oxygen atoms in total. The van der Waals surface area contributed by atoms with E-state index in [9.17, 15) is 14.7 Å². The fourth-order valence-electron chi connectivity index (χ4n) is 3.39. The Morgan fingerprint density at radius 3 is 2.52 bits per heavy atom. The minimum Gasteiger partial charge on any atom is -0.478 e. The Balaban J connectivity index is 1.91. The number of hydrogen-bond donors (Lipinski definition) is 2. The van der Waals surface area contributed by atoms with E-state index in [1.54, 1.807) is 31.2 Å². The van der Waals surface area contributed by atoms with Crippen molar-refractivity contribution < 1.29 is 14.7 Å². The highest BCUT2D eigenvalue weighted by molar-refractivity contribution is 6.05. The van der Waals surface area contributed by atoms with E-state index in [4.69, 9.17) is 0 Å². The zero-order valence-corrected chi connectivity index (χ0v) is 15.9. The Kier molecular flexibility index (Phi) is 5.91. The van der Waals surface area contributed by atoms with Crippen LogP contribution in [0, 0.1) is 0 Å². The molecule has 3 rings (SSSR count). The maximum atomic E-state index is 11.8. The highest BCUT2D eigenvalue weighted by Gasteiger charge is 2.20. The summed E-state index contributed by atoms with van der Waals surface area (Å²) in [6.07, 6.45) is 1.50. The maximum absolute atomic E-state index is 11.8. The number of carboxylic acid groups (broad SMARTS) is 1. The summed E-state index contributed by atoms with van der Waals surface area (Å²) in [6.45, 7) is 8.62. The fourth-order valence-corrected chi connectivity index (χ4v) is 3.39. The third-order valence-electron chi connectivity index (χ3n) is 4.87. The number of amides is 1. The number of aromatic carboxylic acids is 1. The Labute approximate surface area is 159 Å². The van der Waals surface area contributed by atoms with Gasteiger partial charge < -0.3 is 15.3 Å². The lowest BCUT2D eigenvalue weighted by Crippen LogP contribution is -2.46. The van der Waals surface area contributed by atoms with Gasteiger partial charge in [0.15, 0.2) is 0 Å². The first kappa shape index (κ1) is 19.1. The summed E-state index contributed by atoms with van der Waals surface area (Å²) in [4.78, 5) is 32.7. The first-order valence-corrected chi connectivity index (χ1v) is 9.47. The van der Waals surface area contributed by atoms with Gasteiger partial charge in [-0.2, -0.15) is 0 Å². The zero-order chi connectivity index (χ0) is 19.4. The molecule has 27 heavy (non-hydrogen) atoms. The van der Waals surface area contributed by atoms with Gasteiger partial charge in [-0.1, -0.05) is 13.8 Å². The van der Waals surface area contributed by atoms with E-state index < -0.39 is 5.97 Å². The molecule has 0 atom stereocenters. The lowest BCUT2D eigenvalue weighted by atomic mass is 10.1. The van der Waals surface area contributed by atoms with Crippen molar-refractivity contribution in [2.45, 2.75) is 26.7 Å². The number of aromatic nitrogens is 1.